The largest absolute Gasteiger partial charge is 0.460 e. The molecular weight excluding hydrogens is 192 g/mol. The van der Waals surface area contributed by atoms with Gasteiger partial charge in [0.1, 0.15) is 6.10 Å². The van der Waals surface area contributed by atoms with Gasteiger partial charge in [0.15, 0.2) is 0 Å². The smallest absolute Gasteiger partial charge is 0.309 e. The number of hydrogen-bond donors (Lipinski definition) is 0. The molecule has 3 nitrogen and oxygen atoms in total. The monoisotopic (exact) mass is 214 g/mol. The van der Waals surface area contributed by atoms with Gasteiger partial charge in [-0.25, -0.2) is 0 Å². The van der Waals surface area contributed by atoms with Crippen molar-refractivity contribution in [1.82, 2.24) is 0 Å². The zero-order valence-corrected chi connectivity index (χ0v) is 9.83. The van der Waals surface area contributed by atoms with E-state index in [4.69, 9.17) is 9.47 Å². The molecule has 0 radical (unpaired) electrons. The van der Waals surface area contributed by atoms with Gasteiger partial charge in [0.2, 0.25) is 0 Å². The van der Waals surface area contributed by atoms with Crippen LogP contribution in [0.25, 0.3) is 0 Å². The Morgan fingerprint density at radius 1 is 1.40 bits per heavy atom. The summed E-state index contributed by atoms with van der Waals surface area (Å²) < 4.78 is 10.7. The molecule has 0 bridgehead atoms. The minimum absolute atomic E-state index is 0.00547. The highest BCUT2D eigenvalue weighted by Gasteiger charge is 2.33. The van der Waals surface area contributed by atoms with Gasteiger partial charge in [-0.1, -0.05) is 26.7 Å². The average molecular weight is 214 g/mol. The van der Waals surface area contributed by atoms with Gasteiger partial charge < -0.3 is 9.47 Å². The number of carbonyl (C=O) groups excluding carboxylic acids is 1. The number of carbonyl (C=O) groups is 1. The van der Waals surface area contributed by atoms with Crippen molar-refractivity contribution in [2.75, 3.05) is 13.2 Å². The summed E-state index contributed by atoms with van der Waals surface area (Å²) in [5.41, 5.74) is 0. The van der Waals surface area contributed by atoms with E-state index in [2.05, 4.69) is 13.8 Å². The first-order valence-electron chi connectivity index (χ1n) is 6.06. The maximum Gasteiger partial charge on any atom is 0.309 e. The van der Waals surface area contributed by atoms with E-state index >= 15 is 0 Å². The molecule has 1 heterocycles. The minimum atomic E-state index is -0.0269. The van der Waals surface area contributed by atoms with Crippen molar-refractivity contribution < 1.29 is 14.3 Å². The zero-order valence-electron chi connectivity index (χ0n) is 9.83. The highest BCUT2D eigenvalue weighted by Crippen LogP contribution is 2.25. The molecule has 0 saturated carbocycles. The Hall–Kier alpha value is -0.570. The van der Waals surface area contributed by atoms with Crippen molar-refractivity contribution in [3.8, 4) is 0 Å². The summed E-state index contributed by atoms with van der Waals surface area (Å²) in [5.74, 6) is 0.0933. The van der Waals surface area contributed by atoms with Crippen LogP contribution in [-0.2, 0) is 14.3 Å². The standard InChI is InChI=1S/C12H22O3/c1-3-5-7-14-9-11-8-10(6-4-2)12(13)15-11/h10-11H,3-9H2,1-2H3. The molecule has 15 heavy (non-hydrogen) atoms. The number of ether oxygens (including phenoxy) is 2. The molecule has 1 aliphatic rings. The molecule has 1 fully saturated rings. The summed E-state index contributed by atoms with van der Waals surface area (Å²) in [6, 6.07) is 0. The maximum absolute atomic E-state index is 11.4. The van der Waals surface area contributed by atoms with Gasteiger partial charge in [-0.2, -0.15) is 0 Å². The van der Waals surface area contributed by atoms with Crippen LogP contribution in [0, 0.1) is 5.92 Å². The Labute approximate surface area is 92.1 Å². The van der Waals surface area contributed by atoms with Crippen molar-refractivity contribution in [3.63, 3.8) is 0 Å². The summed E-state index contributed by atoms with van der Waals surface area (Å²) in [5, 5.41) is 0. The molecule has 0 aromatic carbocycles. The predicted molar refractivity (Wildman–Crippen MR) is 58.6 cm³/mol. The number of hydrogen-bond acceptors (Lipinski definition) is 3. The van der Waals surface area contributed by atoms with Crippen LogP contribution in [0.4, 0.5) is 0 Å². The molecule has 0 spiro atoms. The average Bonchev–Trinajstić information content (AvgIpc) is 2.55. The molecule has 0 N–H and O–H groups in total. The summed E-state index contributed by atoms with van der Waals surface area (Å²) in [6.07, 6.45) is 5.07. The lowest BCUT2D eigenvalue weighted by atomic mass is 10.0. The molecule has 1 saturated heterocycles. The third kappa shape index (κ3) is 4.20. The number of unbranched alkanes of at least 4 members (excludes halogenated alkanes) is 1. The third-order valence-corrected chi connectivity index (χ3v) is 2.75. The first kappa shape index (κ1) is 12.5. The van der Waals surface area contributed by atoms with E-state index in [1.54, 1.807) is 0 Å². The first-order chi connectivity index (χ1) is 7.27. The fourth-order valence-corrected chi connectivity index (χ4v) is 1.87. The van der Waals surface area contributed by atoms with E-state index < -0.39 is 0 Å². The van der Waals surface area contributed by atoms with Gasteiger partial charge in [-0.3, -0.25) is 4.79 Å². The molecule has 0 aromatic heterocycles. The van der Waals surface area contributed by atoms with E-state index in [9.17, 15) is 4.79 Å². The Balaban J connectivity index is 2.14. The molecule has 2 atom stereocenters. The van der Waals surface area contributed by atoms with Crippen LogP contribution in [0.3, 0.4) is 0 Å². The van der Waals surface area contributed by atoms with E-state index in [-0.39, 0.29) is 18.0 Å². The topological polar surface area (TPSA) is 35.5 Å². The van der Waals surface area contributed by atoms with Crippen molar-refractivity contribution in [2.24, 2.45) is 5.92 Å². The minimum Gasteiger partial charge on any atom is -0.460 e. The van der Waals surface area contributed by atoms with Crippen LogP contribution in [0.2, 0.25) is 0 Å². The molecule has 0 aliphatic carbocycles. The van der Waals surface area contributed by atoms with Crippen LogP contribution in [0.1, 0.15) is 46.0 Å². The highest BCUT2D eigenvalue weighted by atomic mass is 16.6. The fraction of sp³-hybridized carbons (Fsp3) is 0.917. The zero-order chi connectivity index (χ0) is 11.1. The quantitative estimate of drug-likeness (QED) is 0.482. The highest BCUT2D eigenvalue weighted by molar-refractivity contribution is 5.74. The lowest BCUT2D eigenvalue weighted by Gasteiger charge is -2.09. The number of rotatable bonds is 7. The summed E-state index contributed by atoms with van der Waals surface area (Å²) in [6.45, 7) is 5.59. The lowest BCUT2D eigenvalue weighted by Crippen LogP contribution is -2.15. The lowest BCUT2D eigenvalue weighted by molar-refractivity contribution is -0.146. The van der Waals surface area contributed by atoms with Crippen molar-refractivity contribution in [1.29, 1.82) is 0 Å². The molecule has 1 rings (SSSR count). The van der Waals surface area contributed by atoms with E-state index in [0.29, 0.717) is 6.61 Å². The second kappa shape index (κ2) is 6.83. The van der Waals surface area contributed by atoms with Crippen LogP contribution < -0.4 is 0 Å². The second-order valence-electron chi connectivity index (χ2n) is 4.21. The second-order valence-corrected chi connectivity index (χ2v) is 4.21. The molecule has 3 heteroatoms. The normalized spacial score (nSPS) is 25.6. The number of cyclic esters (lactones) is 1. The van der Waals surface area contributed by atoms with E-state index in [1.165, 1.54) is 0 Å². The molecular formula is C12H22O3. The van der Waals surface area contributed by atoms with Crippen LogP contribution in [-0.4, -0.2) is 25.3 Å². The van der Waals surface area contributed by atoms with Crippen molar-refractivity contribution in [3.05, 3.63) is 0 Å². The molecule has 0 amide bonds. The first-order valence-corrected chi connectivity index (χ1v) is 6.06. The summed E-state index contributed by atoms with van der Waals surface area (Å²) >= 11 is 0. The predicted octanol–water partition coefficient (Wildman–Crippen LogP) is 2.53. The molecule has 1 aliphatic heterocycles. The molecule has 2 unspecified atom stereocenters. The summed E-state index contributed by atoms with van der Waals surface area (Å²) in [7, 11) is 0. The van der Waals surface area contributed by atoms with Crippen molar-refractivity contribution >= 4 is 5.97 Å². The SMILES string of the molecule is CCCCOCC1CC(CCC)C(=O)O1. The van der Waals surface area contributed by atoms with Gasteiger partial charge in [0.05, 0.1) is 12.5 Å². The van der Waals surface area contributed by atoms with Gasteiger partial charge in [0.25, 0.3) is 0 Å². The Morgan fingerprint density at radius 2 is 2.20 bits per heavy atom. The summed E-state index contributed by atoms with van der Waals surface area (Å²) in [4.78, 5) is 11.4. The van der Waals surface area contributed by atoms with Gasteiger partial charge >= 0.3 is 5.97 Å². The van der Waals surface area contributed by atoms with Crippen LogP contribution in [0.5, 0.6) is 0 Å². The molecule has 88 valence electrons. The van der Waals surface area contributed by atoms with Crippen molar-refractivity contribution in [2.45, 2.75) is 52.1 Å². The Kier molecular flexibility index (Phi) is 5.69. The van der Waals surface area contributed by atoms with Gasteiger partial charge in [0, 0.05) is 6.61 Å². The van der Waals surface area contributed by atoms with E-state index in [1.807, 2.05) is 0 Å². The van der Waals surface area contributed by atoms with Gasteiger partial charge in [-0.05, 0) is 19.3 Å². The van der Waals surface area contributed by atoms with Crippen LogP contribution in [0.15, 0.2) is 0 Å². The molecule has 0 aromatic rings. The van der Waals surface area contributed by atoms with Crippen LogP contribution >= 0.6 is 0 Å². The van der Waals surface area contributed by atoms with Gasteiger partial charge in [-0.15, -0.1) is 0 Å². The third-order valence-electron chi connectivity index (χ3n) is 2.75. The number of esters is 1. The fourth-order valence-electron chi connectivity index (χ4n) is 1.87. The van der Waals surface area contributed by atoms with E-state index in [0.717, 1.165) is 38.7 Å². The maximum atomic E-state index is 11.4. The Bertz CT molecular complexity index is 191. The Morgan fingerprint density at radius 3 is 2.87 bits per heavy atom.